The molecule has 0 saturated carbocycles. The quantitative estimate of drug-likeness (QED) is 0.0352. The monoisotopic (exact) mass is 1280 g/mol. The van der Waals surface area contributed by atoms with Gasteiger partial charge >= 0.3 is 0 Å². The Morgan fingerprint density at radius 2 is 0.441 bits per heavy atom. The third-order valence-electron chi connectivity index (χ3n) is 18.6. The average Bonchev–Trinajstić information content (AvgIpc) is 1.83. The van der Waals surface area contributed by atoms with Crippen LogP contribution in [0, 0.1) is 35.5 Å². The minimum atomic E-state index is 0.256. The molecule has 0 fully saturated rings. The van der Waals surface area contributed by atoms with Crippen LogP contribution in [0.5, 0.6) is 34.5 Å². The molecular formula is C78H114N6O9. The van der Waals surface area contributed by atoms with E-state index in [9.17, 15) is 0 Å². The summed E-state index contributed by atoms with van der Waals surface area (Å²) in [7, 11) is 0. The molecule has 0 saturated heterocycles. The molecule has 0 N–H and O–H groups in total. The minimum absolute atomic E-state index is 0.256. The predicted octanol–water partition coefficient (Wildman–Crippen LogP) is 22.4. The summed E-state index contributed by atoms with van der Waals surface area (Å²) in [5, 5.41) is 27.9. The number of aromatic nitrogens is 6. The van der Waals surface area contributed by atoms with Crippen molar-refractivity contribution in [1.82, 2.24) is 30.6 Å². The summed E-state index contributed by atoms with van der Waals surface area (Å²) in [4.78, 5) is 0. The van der Waals surface area contributed by atoms with Gasteiger partial charge in [-0.25, -0.2) is 0 Å². The van der Waals surface area contributed by atoms with E-state index in [-0.39, 0.29) is 17.7 Å². The van der Waals surface area contributed by atoms with Crippen LogP contribution >= 0.6 is 0 Å². The van der Waals surface area contributed by atoms with E-state index in [0.717, 1.165) is 135 Å². The van der Waals surface area contributed by atoms with Crippen LogP contribution < -0.4 is 28.4 Å². The van der Waals surface area contributed by atoms with Gasteiger partial charge < -0.3 is 41.7 Å². The Morgan fingerprint density at radius 1 is 0.247 bits per heavy atom. The molecule has 0 radical (unpaired) electrons. The highest BCUT2D eigenvalue weighted by Crippen LogP contribution is 2.41. The first kappa shape index (κ1) is 73.5. The lowest BCUT2D eigenvalue weighted by molar-refractivity contribution is 0.199. The molecule has 0 aliphatic heterocycles. The summed E-state index contributed by atoms with van der Waals surface area (Å²) in [6, 6.07) is 23.4. The van der Waals surface area contributed by atoms with Crippen molar-refractivity contribution in [2.75, 3.05) is 39.6 Å². The van der Waals surface area contributed by atoms with Crippen LogP contribution in [0.3, 0.4) is 0 Å². The van der Waals surface area contributed by atoms with Gasteiger partial charge in [-0.2, -0.15) is 0 Å². The zero-order valence-corrected chi connectivity index (χ0v) is 59.0. The van der Waals surface area contributed by atoms with Gasteiger partial charge in [-0.1, -0.05) is 199 Å². The van der Waals surface area contributed by atoms with Crippen molar-refractivity contribution < 1.29 is 41.7 Å². The second-order valence-electron chi connectivity index (χ2n) is 25.9. The van der Waals surface area contributed by atoms with Crippen molar-refractivity contribution in [2.24, 2.45) is 35.5 Å². The number of rotatable bonds is 48. The van der Waals surface area contributed by atoms with Gasteiger partial charge in [0, 0.05) is 33.4 Å². The van der Waals surface area contributed by atoms with E-state index in [1.54, 1.807) is 0 Å². The Kier molecular flexibility index (Phi) is 31.9. The first-order valence-electron chi connectivity index (χ1n) is 36.4. The highest BCUT2D eigenvalue weighted by atomic mass is 16.5. The van der Waals surface area contributed by atoms with Gasteiger partial charge in [0.25, 0.3) is 0 Å². The second kappa shape index (κ2) is 40.4. The van der Waals surface area contributed by atoms with Crippen molar-refractivity contribution in [3.05, 3.63) is 72.8 Å². The third kappa shape index (κ3) is 22.6. The molecule has 0 bridgehead atoms. The molecule has 15 nitrogen and oxygen atoms in total. The highest BCUT2D eigenvalue weighted by molar-refractivity contribution is 5.75. The van der Waals surface area contributed by atoms with E-state index in [4.69, 9.17) is 41.7 Å². The highest BCUT2D eigenvalue weighted by Gasteiger charge is 2.24. The standard InChI is InChI=1S/C78H114N6O9/c1-13-25-31-55(19-7)49-85-67-40-37-61(46-70(67)88-52-58(22-10)34-28-16-4)73-79-82-76(91-73)64-43-65(77-83-80-74(92-77)62-38-41-68(86-50-56(20-8)32-26-14-2)71(47-62)89-53-59(23-11)35-29-17-5)45-66(44-64)78-84-81-75(93-78)63-39-42-69(87-51-57(21-9)33-27-15-3)72(48-63)90-54-60(24-12)36-30-18-6/h37-48,55-60H,13-36,49-54H2,1-12H3. The van der Waals surface area contributed by atoms with E-state index in [1.165, 1.54) is 19.3 Å². The van der Waals surface area contributed by atoms with Crippen LogP contribution in [0.15, 0.2) is 86.0 Å². The lowest BCUT2D eigenvalue weighted by Crippen LogP contribution is -2.14. The summed E-state index contributed by atoms with van der Waals surface area (Å²) in [5.41, 5.74) is 3.83. The van der Waals surface area contributed by atoms with Crippen LogP contribution in [-0.2, 0) is 0 Å². The fourth-order valence-corrected chi connectivity index (χ4v) is 11.6. The summed E-state index contributed by atoms with van der Waals surface area (Å²) >= 11 is 0. The van der Waals surface area contributed by atoms with Gasteiger partial charge in [0.2, 0.25) is 35.3 Å². The predicted molar refractivity (Wildman–Crippen MR) is 375 cm³/mol. The first-order chi connectivity index (χ1) is 45.5. The van der Waals surface area contributed by atoms with Gasteiger partial charge in [0.15, 0.2) is 34.5 Å². The molecule has 0 spiro atoms. The van der Waals surface area contributed by atoms with Crippen molar-refractivity contribution in [2.45, 2.75) is 237 Å². The molecule has 4 aromatic carbocycles. The maximum absolute atomic E-state index is 6.67. The number of nitrogens with zero attached hydrogens (tertiary/aromatic N) is 6. The Hall–Kier alpha value is -6.90. The van der Waals surface area contributed by atoms with Gasteiger partial charge in [-0.15, -0.1) is 30.6 Å². The van der Waals surface area contributed by atoms with Crippen LogP contribution in [0.2, 0.25) is 0 Å². The maximum atomic E-state index is 6.67. The molecule has 3 heterocycles. The van der Waals surface area contributed by atoms with Crippen molar-refractivity contribution in [1.29, 1.82) is 0 Å². The zero-order chi connectivity index (χ0) is 66.2. The maximum Gasteiger partial charge on any atom is 0.248 e. The van der Waals surface area contributed by atoms with Crippen LogP contribution in [0.4, 0.5) is 0 Å². The van der Waals surface area contributed by atoms with E-state index in [1.807, 2.05) is 72.8 Å². The molecule has 15 heteroatoms. The summed E-state index contributed by atoms with van der Waals surface area (Å²) in [5.74, 6) is 8.45. The zero-order valence-electron chi connectivity index (χ0n) is 59.0. The average molecular weight is 1280 g/mol. The van der Waals surface area contributed by atoms with Gasteiger partial charge in [-0.05, 0) is 147 Å². The van der Waals surface area contributed by atoms with Gasteiger partial charge in [-0.3, -0.25) is 0 Å². The Bertz CT molecular complexity index is 2860. The third-order valence-corrected chi connectivity index (χ3v) is 18.6. The number of hydrogen-bond acceptors (Lipinski definition) is 15. The van der Waals surface area contributed by atoms with Crippen molar-refractivity contribution >= 4 is 0 Å². The van der Waals surface area contributed by atoms with Crippen molar-refractivity contribution in [3.63, 3.8) is 0 Å². The topological polar surface area (TPSA) is 172 Å². The number of hydrogen-bond donors (Lipinski definition) is 0. The van der Waals surface area contributed by atoms with E-state index >= 15 is 0 Å². The summed E-state index contributed by atoms with van der Waals surface area (Å²) in [6.07, 6.45) is 26.8. The van der Waals surface area contributed by atoms with E-state index in [2.05, 4.69) is 114 Å². The normalized spacial score (nSPS) is 13.5. The molecule has 0 amide bonds. The molecule has 93 heavy (non-hydrogen) atoms. The fraction of sp³-hybridized carbons (Fsp3) is 0.615. The molecule has 510 valence electrons. The molecule has 7 rings (SSSR count). The Balaban J connectivity index is 1.28. The molecule has 7 aromatic rings. The lowest BCUT2D eigenvalue weighted by atomic mass is 10.0. The first-order valence-corrected chi connectivity index (χ1v) is 36.4. The molecule has 3 aromatic heterocycles. The van der Waals surface area contributed by atoms with Crippen LogP contribution in [0.1, 0.15) is 237 Å². The van der Waals surface area contributed by atoms with Gasteiger partial charge in [0.1, 0.15) is 0 Å². The van der Waals surface area contributed by atoms with E-state index < -0.39 is 0 Å². The molecule has 0 aliphatic rings. The minimum Gasteiger partial charge on any atom is -0.489 e. The largest absolute Gasteiger partial charge is 0.489 e. The molecule has 6 unspecified atom stereocenters. The smallest absolute Gasteiger partial charge is 0.248 e. The Labute approximate surface area is 558 Å². The SMILES string of the molecule is CCCCC(CC)COc1ccc(-c2nnc(-c3cc(-c4nnc(-c5ccc(OCC(CC)CCCC)c(OCC(CC)CCCC)c5)o4)cc(-c4nnc(-c5ccc(OCC(CC)CCCC)c(OCC(CC)CCCC)c5)o4)c3)o2)cc1OCC(CC)CCCC. The fourth-order valence-electron chi connectivity index (χ4n) is 11.6. The summed E-state index contributed by atoms with van der Waals surface area (Å²) in [6.45, 7) is 30.4. The molecule has 0 aliphatic carbocycles. The molecule has 6 atom stereocenters. The number of ether oxygens (including phenoxy) is 6. The summed E-state index contributed by atoms with van der Waals surface area (Å²) < 4.78 is 59.7. The second-order valence-corrected chi connectivity index (χ2v) is 25.9. The molecular weight excluding hydrogens is 1160 g/mol. The Morgan fingerprint density at radius 3 is 0.634 bits per heavy atom. The van der Waals surface area contributed by atoms with Crippen molar-refractivity contribution in [3.8, 4) is 103 Å². The number of benzene rings is 4. The van der Waals surface area contributed by atoms with Crippen LogP contribution in [-0.4, -0.2) is 70.2 Å². The van der Waals surface area contributed by atoms with Gasteiger partial charge in [0.05, 0.1) is 39.6 Å². The van der Waals surface area contributed by atoms with Crippen LogP contribution in [0.25, 0.3) is 68.7 Å². The lowest BCUT2D eigenvalue weighted by Gasteiger charge is -2.20. The number of unbranched alkanes of at least 4 members (excludes halogenated alkanes) is 6. The van der Waals surface area contributed by atoms with E-state index in [0.29, 0.717) is 161 Å².